The average Bonchev–Trinajstić information content (AvgIpc) is 3.05. The molecule has 0 radical (unpaired) electrons. The Morgan fingerprint density at radius 2 is 0.697 bits per heavy atom. The summed E-state index contributed by atoms with van der Waals surface area (Å²) in [5, 5.41) is -1.71. The van der Waals surface area contributed by atoms with Gasteiger partial charge in [-0.15, -0.1) is 0 Å². The summed E-state index contributed by atoms with van der Waals surface area (Å²) in [4.78, 5) is 0. The number of hydrogen-bond acceptors (Lipinski definition) is 2. The summed E-state index contributed by atoms with van der Waals surface area (Å²) in [5.74, 6) is 0. The molecular formula is C18H10F12O2P+. The van der Waals surface area contributed by atoms with E-state index in [9.17, 15) is 52.7 Å². The van der Waals surface area contributed by atoms with Crippen LogP contribution in [0.5, 0.6) is 0 Å². The van der Waals surface area contributed by atoms with Crippen molar-refractivity contribution in [2.24, 2.45) is 0 Å². The smallest absolute Gasteiger partial charge is 0.167 e. The SMILES string of the molecule is FC(F)(F)C1(C(F)(F)F)O[P+](c2ccccc2)(c2ccccc2)OC1(C(F)(F)F)C(F)(F)F. The van der Waals surface area contributed by atoms with Crippen LogP contribution in [0.1, 0.15) is 0 Å². The molecule has 1 aliphatic rings. The molecular weight excluding hydrogens is 507 g/mol. The second kappa shape index (κ2) is 7.47. The van der Waals surface area contributed by atoms with Crippen LogP contribution in [0.2, 0.25) is 0 Å². The van der Waals surface area contributed by atoms with Gasteiger partial charge < -0.3 is 0 Å². The van der Waals surface area contributed by atoms with Gasteiger partial charge in [-0.1, -0.05) is 36.4 Å². The summed E-state index contributed by atoms with van der Waals surface area (Å²) >= 11 is 0. The molecule has 0 bridgehead atoms. The third kappa shape index (κ3) is 3.40. The zero-order valence-electron chi connectivity index (χ0n) is 15.6. The molecule has 2 nitrogen and oxygen atoms in total. The minimum atomic E-state index is -7.26. The largest absolute Gasteiger partial charge is 0.434 e. The maximum absolute atomic E-state index is 13.9. The fourth-order valence-electron chi connectivity index (χ4n) is 3.47. The molecule has 0 aliphatic carbocycles. The third-order valence-corrected chi connectivity index (χ3v) is 7.83. The predicted molar refractivity (Wildman–Crippen MR) is 90.9 cm³/mol. The number of alkyl halides is 12. The molecule has 3 rings (SSSR count). The predicted octanol–water partition coefficient (Wildman–Crippen LogP) is 6.26. The lowest BCUT2D eigenvalue weighted by Gasteiger charge is -2.41. The number of halogens is 12. The molecule has 1 fully saturated rings. The molecule has 0 spiro atoms. The van der Waals surface area contributed by atoms with E-state index >= 15 is 0 Å². The molecule has 1 heterocycles. The highest BCUT2D eigenvalue weighted by Crippen LogP contribution is 2.80. The van der Waals surface area contributed by atoms with E-state index in [2.05, 4.69) is 9.05 Å². The first-order chi connectivity index (χ1) is 14.9. The molecule has 0 aromatic heterocycles. The van der Waals surface area contributed by atoms with E-state index in [0.717, 1.165) is 48.5 Å². The first kappa shape index (κ1) is 25.6. The first-order valence-corrected chi connectivity index (χ1v) is 10.2. The Kier molecular flexibility index (Phi) is 5.79. The van der Waals surface area contributed by atoms with Gasteiger partial charge in [-0.05, 0) is 24.3 Å². The van der Waals surface area contributed by atoms with E-state index in [4.69, 9.17) is 0 Å². The van der Waals surface area contributed by atoms with Crippen LogP contribution in [0, 0.1) is 0 Å². The van der Waals surface area contributed by atoms with Crippen molar-refractivity contribution in [3.63, 3.8) is 0 Å². The lowest BCUT2D eigenvalue weighted by molar-refractivity contribution is -0.464. The summed E-state index contributed by atoms with van der Waals surface area (Å²) in [6.45, 7) is 0. The summed E-state index contributed by atoms with van der Waals surface area (Å²) in [7, 11) is -5.56. The van der Waals surface area contributed by atoms with Gasteiger partial charge in [-0.25, -0.2) is 0 Å². The fourth-order valence-corrected chi connectivity index (χ4v) is 6.80. The highest BCUT2D eigenvalue weighted by molar-refractivity contribution is 7.81. The molecule has 0 unspecified atom stereocenters. The molecule has 0 atom stereocenters. The van der Waals surface area contributed by atoms with E-state index < -0.39 is 54.2 Å². The van der Waals surface area contributed by atoms with Gasteiger partial charge in [-0.2, -0.15) is 61.7 Å². The standard InChI is InChI=1S/C18H10F12O2P/c19-15(20,21)13(16(22,23)24)14(17(25,26)27,18(28,29)30)32-33(31-13,11-7-3-1-4-8-11)12-9-5-2-6-10-12/h1-10H/q+1. The zero-order valence-corrected chi connectivity index (χ0v) is 16.5. The second-order valence-corrected chi connectivity index (χ2v) is 9.26. The van der Waals surface area contributed by atoms with E-state index in [1.807, 2.05) is 0 Å². The lowest BCUT2D eigenvalue weighted by Crippen LogP contribution is -2.79. The monoisotopic (exact) mass is 517 g/mol. The maximum Gasteiger partial charge on any atom is 0.434 e. The van der Waals surface area contributed by atoms with Gasteiger partial charge in [0.15, 0.2) is 10.6 Å². The van der Waals surface area contributed by atoms with Crippen molar-refractivity contribution in [2.45, 2.75) is 35.9 Å². The molecule has 182 valence electrons. The second-order valence-electron chi connectivity index (χ2n) is 6.76. The van der Waals surface area contributed by atoms with Crippen LogP contribution in [-0.2, 0) is 9.05 Å². The van der Waals surface area contributed by atoms with E-state index in [-0.39, 0.29) is 0 Å². The van der Waals surface area contributed by atoms with E-state index in [0.29, 0.717) is 0 Å². The van der Waals surface area contributed by atoms with Crippen LogP contribution < -0.4 is 10.6 Å². The van der Waals surface area contributed by atoms with Gasteiger partial charge >= 0.3 is 43.6 Å². The number of benzene rings is 2. The van der Waals surface area contributed by atoms with Crippen LogP contribution in [0.15, 0.2) is 60.7 Å². The van der Waals surface area contributed by atoms with Gasteiger partial charge in [0.1, 0.15) is 0 Å². The minimum Gasteiger partial charge on any atom is -0.167 e. The third-order valence-electron chi connectivity index (χ3n) is 4.82. The van der Waals surface area contributed by atoms with E-state index in [1.54, 1.807) is 0 Å². The first-order valence-electron chi connectivity index (χ1n) is 8.56. The van der Waals surface area contributed by atoms with Crippen LogP contribution in [0.4, 0.5) is 52.7 Å². The highest BCUT2D eigenvalue weighted by atomic mass is 31.2. The van der Waals surface area contributed by atoms with Crippen molar-refractivity contribution in [1.82, 2.24) is 0 Å². The van der Waals surface area contributed by atoms with Crippen molar-refractivity contribution >= 4 is 18.3 Å². The summed E-state index contributed by atoms with van der Waals surface area (Å²) < 4.78 is 175. The molecule has 0 amide bonds. The number of rotatable bonds is 2. The topological polar surface area (TPSA) is 18.5 Å². The maximum atomic E-state index is 13.9. The summed E-state index contributed by atoms with van der Waals surface area (Å²) in [6.07, 6.45) is -29.0. The quantitative estimate of drug-likeness (QED) is 0.346. The molecule has 2 aromatic rings. The average molecular weight is 517 g/mol. The van der Waals surface area contributed by atoms with Crippen LogP contribution >= 0.6 is 7.72 Å². The molecule has 1 saturated heterocycles. The number of hydrogen-bond donors (Lipinski definition) is 0. The van der Waals surface area contributed by atoms with Crippen LogP contribution in [-0.4, -0.2) is 35.9 Å². The molecule has 0 N–H and O–H groups in total. The molecule has 15 heteroatoms. The van der Waals surface area contributed by atoms with Crippen LogP contribution in [0.25, 0.3) is 0 Å². The Bertz CT molecular complexity index is 870. The Morgan fingerprint density at radius 1 is 0.455 bits per heavy atom. The van der Waals surface area contributed by atoms with Crippen molar-refractivity contribution in [1.29, 1.82) is 0 Å². The van der Waals surface area contributed by atoms with Crippen molar-refractivity contribution in [2.75, 3.05) is 0 Å². The molecule has 0 saturated carbocycles. The van der Waals surface area contributed by atoms with Gasteiger partial charge in [0.2, 0.25) is 0 Å². The lowest BCUT2D eigenvalue weighted by atomic mass is 9.79. The Balaban J connectivity index is 2.58. The molecule has 33 heavy (non-hydrogen) atoms. The van der Waals surface area contributed by atoms with Crippen LogP contribution in [0.3, 0.4) is 0 Å². The van der Waals surface area contributed by atoms with Crippen molar-refractivity contribution in [3.8, 4) is 0 Å². The van der Waals surface area contributed by atoms with Gasteiger partial charge in [0, 0.05) is 0 Å². The summed E-state index contributed by atoms with van der Waals surface area (Å²) in [5.41, 5.74) is -13.7. The highest BCUT2D eigenvalue weighted by Gasteiger charge is 3.05. The van der Waals surface area contributed by atoms with Crippen molar-refractivity contribution < 1.29 is 61.7 Å². The Morgan fingerprint density at radius 3 is 0.909 bits per heavy atom. The normalized spacial score (nSPS) is 20.6. The minimum absolute atomic E-state index is 0.723. The van der Waals surface area contributed by atoms with Gasteiger partial charge in [-0.3, -0.25) is 0 Å². The van der Waals surface area contributed by atoms with Gasteiger partial charge in [0.05, 0.1) is 0 Å². The fraction of sp³-hybridized carbons (Fsp3) is 0.333. The molecule has 1 aliphatic heterocycles. The molecule has 2 aromatic carbocycles. The van der Waals surface area contributed by atoms with E-state index in [1.165, 1.54) is 12.1 Å². The zero-order chi connectivity index (χ0) is 25.1. The van der Waals surface area contributed by atoms with Crippen molar-refractivity contribution in [3.05, 3.63) is 60.7 Å². The Hall–Kier alpha value is -2.05. The Labute approximate surface area is 177 Å². The summed E-state index contributed by atoms with van der Waals surface area (Å²) in [6, 6.07) is 9.19. The van der Waals surface area contributed by atoms with Gasteiger partial charge in [0.25, 0.3) is 0 Å².